The van der Waals surface area contributed by atoms with E-state index in [9.17, 15) is 0 Å². The molecule has 3 nitrogen and oxygen atoms in total. The average molecular weight is 170 g/mol. The summed E-state index contributed by atoms with van der Waals surface area (Å²) in [6.07, 6.45) is 3.42. The van der Waals surface area contributed by atoms with Crippen LogP contribution in [0.25, 0.3) is 0 Å². The fourth-order valence-corrected chi connectivity index (χ4v) is 1.09. The van der Waals surface area contributed by atoms with Crippen molar-refractivity contribution in [2.45, 2.75) is 32.2 Å². The van der Waals surface area contributed by atoms with Gasteiger partial charge in [-0.2, -0.15) is 0 Å². The van der Waals surface area contributed by atoms with E-state index in [0.717, 1.165) is 18.9 Å². The molecular formula is C9H18N2O. The first-order valence-corrected chi connectivity index (χ1v) is 4.56. The molecule has 0 heterocycles. The molecule has 1 fully saturated rings. The van der Waals surface area contributed by atoms with Gasteiger partial charge in [0.1, 0.15) is 0 Å². The maximum atomic E-state index is 5.76. The van der Waals surface area contributed by atoms with Crippen molar-refractivity contribution in [1.82, 2.24) is 0 Å². The number of nitrogens with two attached hydrogens (primary N) is 1. The van der Waals surface area contributed by atoms with Gasteiger partial charge in [0.25, 0.3) is 0 Å². The van der Waals surface area contributed by atoms with Crippen molar-refractivity contribution in [1.29, 1.82) is 0 Å². The first kappa shape index (κ1) is 9.52. The zero-order chi connectivity index (χ0) is 8.97. The summed E-state index contributed by atoms with van der Waals surface area (Å²) in [5.74, 6) is 1.44. The van der Waals surface area contributed by atoms with E-state index >= 15 is 0 Å². The largest absolute Gasteiger partial charge is 0.387 e. The lowest BCUT2D eigenvalue weighted by molar-refractivity contribution is 0.190. The van der Waals surface area contributed by atoms with Crippen LogP contribution in [0.4, 0.5) is 0 Å². The van der Waals surface area contributed by atoms with Gasteiger partial charge in [0, 0.05) is 19.6 Å². The van der Waals surface area contributed by atoms with Crippen molar-refractivity contribution < 1.29 is 4.74 Å². The average Bonchev–Trinajstić information content (AvgIpc) is 2.82. The smallest absolute Gasteiger partial charge is 0.0971 e. The molecule has 3 heteroatoms. The molecule has 1 unspecified atom stereocenters. The Kier molecular flexibility index (Phi) is 3.53. The van der Waals surface area contributed by atoms with Gasteiger partial charge < -0.3 is 10.5 Å². The van der Waals surface area contributed by atoms with Gasteiger partial charge in [0.2, 0.25) is 0 Å². The SMILES string of the molecule is COCCC(C)N=C(N)C1CC1. The maximum Gasteiger partial charge on any atom is 0.0971 e. The Labute approximate surface area is 74.0 Å². The number of nitrogens with zero attached hydrogens (tertiary/aromatic N) is 1. The predicted octanol–water partition coefficient (Wildman–Crippen LogP) is 1.18. The van der Waals surface area contributed by atoms with Crippen LogP contribution < -0.4 is 5.73 Å². The summed E-state index contributed by atoms with van der Waals surface area (Å²) in [6.45, 7) is 2.84. The minimum atomic E-state index is 0.311. The molecule has 1 aliphatic rings. The third kappa shape index (κ3) is 3.22. The van der Waals surface area contributed by atoms with Crippen molar-refractivity contribution in [2.24, 2.45) is 16.6 Å². The summed E-state index contributed by atoms with van der Waals surface area (Å²) in [6, 6.07) is 0.311. The topological polar surface area (TPSA) is 47.6 Å². The highest BCUT2D eigenvalue weighted by molar-refractivity contribution is 5.85. The van der Waals surface area contributed by atoms with Gasteiger partial charge in [0.05, 0.1) is 11.9 Å². The highest BCUT2D eigenvalue weighted by Crippen LogP contribution is 2.29. The van der Waals surface area contributed by atoms with E-state index in [-0.39, 0.29) is 0 Å². The molecule has 0 aromatic rings. The van der Waals surface area contributed by atoms with Crippen molar-refractivity contribution in [3.63, 3.8) is 0 Å². The van der Waals surface area contributed by atoms with Crippen LogP contribution in [0.2, 0.25) is 0 Å². The fourth-order valence-electron chi connectivity index (χ4n) is 1.09. The van der Waals surface area contributed by atoms with Crippen LogP contribution in [0, 0.1) is 5.92 Å². The van der Waals surface area contributed by atoms with Crippen molar-refractivity contribution in [3.05, 3.63) is 0 Å². The second-order valence-electron chi connectivity index (χ2n) is 3.46. The molecule has 0 saturated heterocycles. The van der Waals surface area contributed by atoms with E-state index in [0.29, 0.717) is 12.0 Å². The molecule has 0 spiro atoms. The van der Waals surface area contributed by atoms with E-state index in [1.165, 1.54) is 12.8 Å². The number of methoxy groups -OCH3 is 1. The quantitative estimate of drug-likeness (QED) is 0.497. The molecule has 1 aliphatic carbocycles. The highest BCUT2D eigenvalue weighted by atomic mass is 16.5. The fraction of sp³-hybridized carbons (Fsp3) is 0.889. The number of hydrogen-bond donors (Lipinski definition) is 1. The molecule has 2 N–H and O–H groups in total. The monoisotopic (exact) mass is 170 g/mol. The lowest BCUT2D eigenvalue weighted by atomic mass is 10.2. The molecule has 12 heavy (non-hydrogen) atoms. The highest BCUT2D eigenvalue weighted by Gasteiger charge is 2.25. The third-order valence-corrected chi connectivity index (χ3v) is 2.10. The van der Waals surface area contributed by atoms with Gasteiger partial charge in [0.15, 0.2) is 0 Å². The van der Waals surface area contributed by atoms with Gasteiger partial charge in [-0.25, -0.2) is 0 Å². The minimum absolute atomic E-state index is 0.311. The lowest BCUT2D eigenvalue weighted by Gasteiger charge is -2.06. The summed E-state index contributed by atoms with van der Waals surface area (Å²) in [5, 5.41) is 0. The maximum absolute atomic E-state index is 5.76. The number of aliphatic imine (C=N–C) groups is 1. The molecule has 0 bridgehead atoms. The summed E-state index contributed by atoms with van der Waals surface area (Å²) in [5.41, 5.74) is 5.76. The Morgan fingerprint density at radius 3 is 2.83 bits per heavy atom. The van der Waals surface area contributed by atoms with Crippen LogP contribution in [-0.2, 0) is 4.74 Å². The van der Waals surface area contributed by atoms with Crippen LogP contribution in [-0.4, -0.2) is 25.6 Å². The van der Waals surface area contributed by atoms with Crippen LogP contribution in [0.1, 0.15) is 26.2 Å². The molecule has 0 aromatic carbocycles. The van der Waals surface area contributed by atoms with Gasteiger partial charge in [-0.1, -0.05) is 0 Å². The number of hydrogen-bond acceptors (Lipinski definition) is 2. The number of rotatable bonds is 5. The number of amidine groups is 1. The minimum Gasteiger partial charge on any atom is -0.387 e. The van der Waals surface area contributed by atoms with Gasteiger partial charge in [-0.3, -0.25) is 4.99 Å². The van der Waals surface area contributed by atoms with Gasteiger partial charge in [-0.05, 0) is 26.2 Å². The predicted molar refractivity (Wildman–Crippen MR) is 50.3 cm³/mol. The van der Waals surface area contributed by atoms with E-state index in [2.05, 4.69) is 11.9 Å². The van der Waals surface area contributed by atoms with E-state index in [4.69, 9.17) is 10.5 Å². The van der Waals surface area contributed by atoms with Crippen LogP contribution in [0.5, 0.6) is 0 Å². The van der Waals surface area contributed by atoms with Crippen molar-refractivity contribution in [2.75, 3.05) is 13.7 Å². The van der Waals surface area contributed by atoms with Gasteiger partial charge >= 0.3 is 0 Å². The molecular weight excluding hydrogens is 152 g/mol. The van der Waals surface area contributed by atoms with E-state index < -0.39 is 0 Å². The molecule has 1 rings (SSSR count). The lowest BCUT2D eigenvalue weighted by Crippen LogP contribution is -2.18. The van der Waals surface area contributed by atoms with Crippen molar-refractivity contribution in [3.8, 4) is 0 Å². The summed E-state index contributed by atoms with van der Waals surface area (Å²) in [7, 11) is 1.71. The molecule has 0 aliphatic heterocycles. The van der Waals surface area contributed by atoms with Crippen LogP contribution >= 0.6 is 0 Å². The number of ether oxygens (including phenoxy) is 1. The Morgan fingerprint density at radius 1 is 1.67 bits per heavy atom. The van der Waals surface area contributed by atoms with E-state index in [1.54, 1.807) is 7.11 Å². The third-order valence-electron chi connectivity index (χ3n) is 2.10. The second-order valence-corrected chi connectivity index (χ2v) is 3.46. The molecule has 70 valence electrons. The first-order valence-electron chi connectivity index (χ1n) is 4.56. The zero-order valence-corrected chi connectivity index (χ0v) is 7.92. The van der Waals surface area contributed by atoms with Crippen molar-refractivity contribution >= 4 is 5.84 Å². The molecule has 1 atom stereocenters. The summed E-state index contributed by atoms with van der Waals surface area (Å²) < 4.78 is 4.96. The van der Waals surface area contributed by atoms with Gasteiger partial charge in [-0.15, -0.1) is 0 Å². The van der Waals surface area contributed by atoms with Crippen LogP contribution in [0.15, 0.2) is 4.99 Å². The van der Waals surface area contributed by atoms with E-state index in [1.807, 2.05) is 0 Å². The first-order chi connectivity index (χ1) is 5.74. The Bertz CT molecular complexity index is 164. The Balaban J connectivity index is 2.22. The summed E-state index contributed by atoms with van der Waals surface area (Å²) >= 11 is 0. The standard InChI is InChI=1S/C9H18N2O/c1-7(5-6-12-2)11-9(10)8-3-4-8/h7-8H,3-6H2,1-2H3,(H2,10,11). The normalized spacial score (nSPS) is 21.0. The molecule has 0 radical (unpaired) electrons. The Hall–Kier alpha value is -0.570. The second kappa shape index (κ2) is 4.45. The Morgan fingerprint density at radius 2 is 2.33 bits per heavy atom. The molecule has 1 saturated carbocycles. The molecule has 0 aromatic heterocycles. The molecule has 0 amide bonds. The van der Waals surface area contributed by atoms with Crippen LogP contribution in [0.3, 0.4) is 0 Å². The summed E-state index contributed by atoms with van der Waals surface area (Å²) in [4.78, 5) is 4.39. The zero-order valence-electron chi connectivity index (χ0n) is 7.92.